The number of hydrogen-bond donors (Lipinski definition) is 0. The number of aromatic nitrogens is 2. The Morgan fingerprint density at radius 3 is 2.66 bits per heavy atom. The Hall–Kier alpha value is -3.43. The summed E-state index contributed by atoms with van der Waals surface area (Å²) in [5.74, 6) is 0.127. The number of nitrogens with zero attached hydrogens (tertiary/aromatic N) is 5. The van der Waals surface area contributed by atoms with Gasteiger partial charge >= 0.3 is 0 Å². The lowest BCUT2D eigenvalue weighted by Gasteiger charge is -2.34. The number of anilines is 1. The van der Waals surface area contributed by atoms with Crippen molar-refractivity contribution in [2.24, 2.45) is 0 Å². The summed E-state index contributed by atoms with van der Waals surface area (Å²) < 4.78 is 2.10. The minimum atomic E-state index is 0.127. The molecule has 0 spiro atoms. The van der Waals surface area contributed by atoms with Gasteiger partial charge in [0.2, 0.25) is 5.91 Å². The van der Waals surface area contributed by atoms with Gasteiger partial charge in [0.25, 0.3) is 0 Å². The molecule has 0 bridgehead atoms. The number of carbonyl (C=O) groups is 1. The Bertz CT molecular complexity index is 1050. The molecule has 0 saturated carbocycles. The molecule has 0 radical (unpaired) electrons. The predicted molar refractivity (Wildman–Crippen MR) is 113 cm³/mol. The Balaban J connectivity index is 1.40. The van der Waals surface area contributed by atoms with Gasteiger partial charge in [0.1, 0.15) is 0 Å². The number of carbonyl (C=O) groups excluding carboxylic acids is 1. The third-order valence-electron chi connectivity index (χ3n) is 5.22. The normalized spacial score (nSPS) is 14.8. The van der Waals surface area contributed by atoms with Gasteiger partial charge in [-0.3, -0.25) is 9.69 Å². The van der Waals surface area contributed by atoms with E-state index in [9.17, 15) is 4.79 Å². The number of rotatable bonds is 5. The fourth-order valence-electron chi connectivity index (χ4n) is 3.65. The molecule has 6 nitrogen and oxygen atoms in total. The topological polar surface area (TPSA) is 45.7 Å². The molecule has 146 valence electrons. The van der Waals surface area contributed by atoms with Gasteiger partial charge in [-0.05, 0) is 30.2 Å². The number of imidazole rings is 1. The Morgan fingerprint density at radius 1 is 1.10 bits per heavy atom. The first kappa shape index (κ1) is 18.9. The summed E-state index contributed by atoms with van der Waals surface area (Å²) in [7, 11) is 0. The summed E-state index contributed by atoms with van der Waals surface area (Å²) in [6.07, 6.45) is 3.69. The molecule has 0 atom stereocenters. The highest BCUT2D eigenvalue weighted by Crippen LogP contribution is 2.20. The van der Waals surface area contributed by atoms with Crippen LogP contribution in [0.25, 0.3) is 4.85 Å². The fraction of sp³-hybridized carbons (Fsp3) is 0.261. The van der Waals surface area contributed by atoms with Crippen LogP contribution in [0.2, 0.25) is 0 Å². The largest absolute Gasteiger partial charge is 0.329 e. The fourth-order valence-corrected chi connectivity index (χ4v) is 3.65. The van der Waals surface area contributed by atoms with Crippen LogP contribution in [-0.2, 0) is 17.9 Å². The Labute approximate surface area is 170 Å². The van der Waals surface area contributed by atoms with Gasteiger partial charge in [0.05, 0.1) is 25.1 Å². The summed E-state index contributed by atoms with van der Waals surface area (Å²) in [5, 5.41) is 0. The smallest absolute Gasteiger partial charge is 0.241 e. The van der Waals surface area contributed by atoms with E-state index in [2.05, 4.69) is 25.4 Å². The van der Waals surface area contributed by atoms with Crippen LogP contribution >= 0.6 is 0 Å². The van der Waals surface area contributed by atoms with Crippen LogP contribution in [0.3, 0.4) is 0 Å². The number of aryl methyl sites for hydroxylation is 1. The van der Waals surface area contributed by atoms with Gasteiger partial charge in [-0.25, -0.2) is 9.83 Å². The minimum Gasteiger partial charge on any atom is -0.329 e. The maximum Gasteiger partial charge on any atom is 0.241 e. The van der Waals surface area contributed by atoms with Crippen LogP contribution in [0.4, 0.5) is 11.4 Å². The van der Waals surface area contributed by atoms with Crippen molar-refractivity contribution in [3.05, 3.63) is 89.3 Å². The van der Waals surface area contributed by atoms with E-state index in [1.807, 2.05) is 66.8 Å². The van der Waals surface area contributed by atoms with Crippen molar-refractivity contribution in [2.75, 3.05) is 24.5 Å². The van der Waals surface area contributed by atoms with Crippen LogP contribution in [-0.4, -0.2) is 40.0 Å². The van der Waals surface area contributed by atoms with Crippen molar-refractivity contribution in [3.8, 4) is 0 Å². The molecular formula is C23H23N5O. The number of hydrogen-bond acceptors (Lipinski definition) is 3. The molecule has 6 heteroatoms. The molecule has 0 aliphatic carbocycles. The molecule has 1 aromatic heterocycles. The molecule has 2 aromatic carbocycles. The van der Waals surface area contributed by atoms with Gasteiger partial charge in [-0.1, -0.05) is 36.4 Å². The summed E-state index contributed by atoms with van der Waals surface area (Å²) in [4.78, 5) is 24.5. The Kier molecular flexibility index (Phi) is 5.41. The quantitative estimate of drug-likeness (QED) is 0.630. The molecule has 4 rings (SSSR count). The first-order valence-electron chi connectivity index (χ1n) is 9.67. The highest BCUT2D eigenvalue weighted by molar-refractivity contribution is 5.95. The molecule has 1 amide bonds. The highest BCUT2D eigenvalue weighted by atomic mass is 16.2. The summed E-state index contributed by atoms with van der Waals surface area (Å²) in [5.41, 5.74) is 4.98. The molecule has 0 unspecified atom stereocenters. The molecule has 3 aromatic rings. The molecule has 1 aliphatic rings. The van der Waals surface area contributed by atoms with E-state index in [4.69, 9.17) is 6.57 Å². The van der Waals surface area contributed by atoms with Crippen LogP contribution in [0.5, 0.6) is 0 Å². The summed E-state index contributed by atoms with van der Waals surface area (Å²) >= 11 is 0. The average Bonchev–Trinajstić information content (AvgIpc) is 3.15. The first-order chi connectivity index (χ1) is 14.1. The molecular weight excluding hydrogens is 362 g/mol. The van der Waals surface area contributed by atoms with Crippen molar-refractivity contribution in [1.29, 1.82) is 0 Å². The maximum absolute atomic E-state index is 12.7. The van der Waals surface area contributed by atoms with Gasteiger partial charge < -0.3 is 9.47 Å². The highest BCUT2D eigenvalue weighted by Gasteiger charge is 2.25. The van der Waals surface area contributed by atoms with Crippen LogP contribution in [0.15, 0.2) is 61.1 Å². The van der Waals surface area contributed by atoms with Crippen molar-refractivity contribution in [3.63, 3.8) is 0 Å². The molecule has 0 N–H and O–H groups in total. The minimum absolute atomic E-state index is 0.127. The monoisotopic (exact) mass is 385 g/mol. The van der Waals surface area contributed by atoms with E-state index in [0.29, 0.717) is 31.9 Å². The molecule has 1 fully saturated rings. The zero-order valence-corrected chi connectivity index (χ0v) is 16.5. The van der Waals surface area contributed by atoms with Crippen LogP contribution < -0.4 is 4.90 Å². The second-order valence-corrected chi connectivity index (χ2v) is 7.39. The lowest BCUT2D eigenvalue weighted by atomic mass is 10.2. The van der Waals surface area contributed by atoms with E-state index in [-0.39, 0.29) is 5.91 Å². The lowest BCUT2D eigenvalue weighted by molar-refractivity contribution is -0.121. The van der Waals surface area contributed by atoms with Crippen molar-refractivity contribution < 1.29 is 4.79 Å². The standard InChI is InChI=1S/C23H23N5O/c1-18-4-3-5-21(12-18)28-11-10-26(16-23(28)29)15-22-13-25-17-27(22)14-19-6-8-20(24-2)9-7-19/h3-9,12-13,17H,10-11,14-16H2,1H3. The van der Waals surface area contributed by atoms with Crippen LogP contribution in [0.1, 0.15) is 16.8 Å². The predicted octanol–water partition coefficient (Wildman–Crippen LogP) is 3.64. The van der Waals surface area contributed by atoms with E-state index in [1.54, 1.807) is 0 Å². The SMILES string of the molecule is [C-]#[N+]c1ccc(Cn2cncc2CN2CCN(c3cccc(C)c3)C(=O)C2)cc1. The van der Waals surface area contributed by atoms with Crippen LogP contribution in [0, 0.1) is 13.5 Å². The van der Waals surface area contributed by atoms with Crippen molar-refractivity contribution >= 4 is 17.3 Å². The van der Waals surface area contributed by atoms with Gasteiger partial charge in [0, 0.05) is 38.1 Å². The average molecular weight is 385 g/mol. The molecule has 29 heavy (non-hydrogen) atoms. The number of piperazine rings is 1. The molecule has 2 heterocycles. The van der Waals surface area contributed by atoms with Gasteiger partial charge in [-0.15, -0.1) is 0 Å². The van der Waals surface area contributed by atoms with Crippen molar-refractivity contribution in [1.82, 2.24) is 14.5 Å². The summed E-state index contributed by atoms with van der Waals surface area (Å²) in [6, 6.07) is 15.7. The van der Waals surface area contributed by atoms with Crippen molar-refractivity contribution in [2.45, 2.75) is 20.0 Å². The zero-order chi connectivity index (χ0) is 20.2. The second kappa shape index (κ2) is 8.29. The van der Waals surface area contributed by atoms with E-state index in [0.717, 1.165) is 29.1 Å². The molecule has 1 saturated heterocycles. The third-order valence-corrected chi connectivity index (χ3v) is 5.22. The number of benzene rings is 2. The third kappa shape index (κ3) is 4.36. The summed E-state index contributed by atoms with van der Waals surface area (Å²) in [6.45, 7) is 12.4. The van der Waals surface area contributed by atoms with Gasteiger partial charge in [-0.2, -0.15) is 0 Å². The number of amides is 1. The lowest BCUT2D eigenvalue weighted by Crippen LogP contribution is -2.50. The van der Waals surface area contributed by atoms with E-state index >= 15 is 0 Å². The molecule has 1 aliphatic heterocycles. The van der Waals surface area contributed by atoms with Gasteiger partial charge in [0.15, 0.2) is 5.69 Å². The Morgan fingerprint density at radius 2 is 1.93 bits per heavy atom. The second-order valence-electron chi connectivity index (χ2n) is 7.39. The zero-order valence-electron chi connectivity index (χ0n) is 16.5. The maximum atomic E-state index is 12.7. The first-order valence-corrected chi connectivity index (χ1v) is 9.67. The van der Waals surface area contributed by atoms with E-state index in [1.165, 1.54) is 0 Å². The van der Waals surface area contributed by atoms with E-state index < -0.39 is 0 Å².